The minimum absolute atomic E-state index is 0.318. The topological polar surface area (TPSA) is 51.2 Å². The predicted molar refractivity (Wildman–Crippen MR) is 55.8 cm³/mol. The highest BCUT2D eigenvalue weighted by Gasteiger charge is 2.20. The van der Waals surface area contributed by atoms with E-state index >= 15 is 0 Å². The lowest BCUT2D eigenvalue weighted by Gasteiger charge is -2.29. The molecule has 0 spiro atoms. The molecule has 0 saturated heterocycles. The van der Waals surface area contributed by atoms with Gasteiger partial charge in [0, 0.05) is 12.1 Å². The lowest BCUT2D eigenvalue weighted by atomic mass is 9.91. The Balaban J connectivity index is 1.79. The summed E-state index contributed by atoms with van der Waals surface area (Å²) in [6.45, 7) is 0.797. The van der Waals surface area contributed by atoms with Gasteiger partial charge in [0.15, 0.2) is 0 Å². The summed E-state index contributed by atoms with van der Waals surface area (Å²) in [6, 6.07) is 4.69. The molecule has 3 nitrogen and oxygen atoms in total. The van der Waals surface area contributed by atoms with Crippen LogP contribution >= 0.6 is 0 Å². The summed E-state index contributed by atoms with van der Waals surface area (Å²) in [6.07, 6.45) is 6.62. The van der Waals surface area contributed by atoms with E-state index in [0.717, 1.165) is 18.7 Å². The molecule has 1 aliphatic rings. The average Bonchev–Trinajstić information content (AvgIpc) is 2.69. The zero-order valence-corrected chi connectivity index (χ0v) is 8.41. The molecule has 0 radical (unpaired) electrons. The second kappa shape index (κ2) is 4.62. The van der Waals surface area contributed by atoms with Crippen molar-refractivity contribution in [3.8, 4) is 0 Å². The third kappa shape index (κ3) is 2.36. The smallest absolute Gasteiger partial charge is 0.117 e. The van der Waals surface area contributed by atoms with Gasteiger partial charge in [-0.3, -0.25) is 0 Å². The van der Waals surface area contributed by atoms with Crippen LogP contribution in [0.3, 0.4) is 0 Å². The molecule has 2 atom stereocenters. The van der Waals surface area contributed by atoms with E-state index in [2.05, 4.69) is 5.32 Å². The first-order valence-corrected chi connectivity index (χ1v) is 5.37. The summed E-state index contributed by atoms with van der Waals surface area (Å²) < 4.78 is 5.26. The largest absolute Gasteiger partial charge is 0.468 e. The fraction of sp³-hybridized carbons (Fsp3) is 0.636. The Kier molecular flexibility index (Phi) is 3.22. The van der Waals surface area contributed by atoms with Gasteiger partial charge in [-0.05, 0) is 25.0 Å². The van der Waals surface area contributed by atoms with Crippen molar-refractivity contribution < 1.29 is 4.42 Å². The molecule has 0 unspecified atom stereocenters. The fourth-order valence-corrected chi connectivity index (χ4v) is 2.06. The molecule has 0 aliphatic heterocycles. The van der Waals surface area contributed by atoms with Crippen LogP contribution < -0.4 is 11.1 Å². The molecule has 0 bridgehead atoms. The Bertz CT molecular complexity index is 258. The molecule has 3 heteroatoms. The molecular weight excluding hydrogens is 176 g/mol. The van der Waals surface area contributed by atoms with Gasteiger partial charge in [-0.1, -0.05) is 12.8 Å². The van der Waals surface area contributed by atoms with Crippen molar-refractivity contribution in [3.63, 3.8) is 0 Å². The number of nitrogens with one attached hydrogen (secondary N) is 1. The van der Waals surface area contributed by atoms with Crippen molar-refractivity contribution >= 4 is 0 Å². The number of hydrogen-bond acceptors (Lipinski definition) is 3. The van der Waals surface area contributed by atoms with Gasteiger partial charge in [-0.15, -0.1) is 0 Å². The van der Waals surface area contributed by atoms with E-state index in [1.54, 1.807) is 6.26 Å². The summed E-state index contributed by atoms with van der Waals surface area (Å²) in [5.41, 5.74) is 6.03. The fourth-order valence-electron chi connectivity index (χ4n) is 2.06. The second-order valence-corrected chi connectivity index (χ2v) is 4.02. The molecule has 3 N–H and O–H groups in total. The summed E-state index contributed by atoms with van der Waals surface area (Å²) in [5, 5.41) is 3.46. The highest BCUT2D eigenvalue weighted by atomic mass is 16.3. The Hall–Kier alpha value is -0.800. The van der Waals surface area contributed by atoms with E-state index in [9.17, 15) is 0 Å². The Morgan fingerprint density at radius 1 is 1.43 bits per heavy atom. The zero-order chi connectivity index (χ0) is 9.80. The maximum Gasteiger partial charge on any atom is 0.117 e. The lowest BCUT2D eigenvalue weighted by molar-refractivity contribution is 0.317. The van der Waals surface area contributed by atoms with E-state index < -0.39 is 0 Å². The summed E-state index contributed by atoms with van der Waals surface area (Å²) in [4.78, 5) is 0. The third-order valence-electron chi connectivity index (χ3n) is 2.94. The molecule has 1 fully saturated rings. The van der Waals surface area contributed by atoms with Crippen LogP contribution in [0.1, 0.15) is 31.4 Å². The molecule has 1 heterocycles. The summed E-state index contributed by atoms with van der Waals surface area (Å²) in [7, 11) is 0. The van der Waals surface area contributed by atoms with Crippen LogP contribution in [0.2, 0.25) is 0 Å². The third-order valence-corrected chi connectivity index (χ3v) is 2.94. The molecule has 14 heavy (non-hydrogen) atoms. The van der Waals surface area contributed by atoms with Gasteiger partial charge >= 0.3 is 0 Å². The Labute approximate surface area is 84.7 Å². The molecule has 0 aromatic carbocycles. The quantitative estimate of drug-likeness (QED) is 0.769. The van der Waals surface area contributed by atoms with Crippen molar-refractivity contribution in [3.05, 3.63) is 24.2 Å². The van der Waals surface area contributed by atoms with Crippen molar-refractivity contribution in [1.29, 1.82) is 0 Å². The van der Waals surface area contributed by atoms with E-state index in [1.165, 1.54) is 19.3 Å². The van der Waals surface area contributed by atoms with E-state index in [1.807, 2.05) is 12.1 Å². The zero-order valence-electron chi connectivity index (χ0n) is 8.41. The van der Waals surface area contributed by atoms with Crippen LogP contribution in [0.25, 0.3) is 0 Å². The highest BCUT2D eigenvalue weighted by molar-refractivity contribution is 4.98. The highest BCUT2D eigenvalue weighted by Crippen LogP contribution is 2.17. The number of nitrogens with two attached hydrogens (primary N) is 1. The predicted octanol–water partition coefficient (Wildman–Crippen LogP) is 1.64. The molecular formula is C11H18N2O. The molecule has 0 amide bonds. The standard InChI is InChI=1S/C11H18N2O/c12-10-5-1-2-6-11(10)13-8-9-4-3-7-14-9/h3-4,7,10-11,13H,1-2,5-6,8,12H2/t10-,11+/m0/s1. The van der Waals surface area contributed by atoms with Gasteiger partial charge in [0.1, 0.15) is 5.76 Å². The molecule has 1 aromatic rings. The van der Waals surface area contributed by atoms with Crippen molar-refractivity contribution in [2.24, 2.45) is 5.73 Å². The van der Waals surface area contributed by atoms with Crippen LogP contribution in [-0.2, 0) is 6.54 Å². The molecule has 1 aliphatic carbocycles. The first-order valence-electron chi connectivity index (χ1n) is 5.37. The van der Waals surface area contributed by atoms with Crippen molar-refractivity contribution in [1.82, 2.24) is 5.32 Å². The van der Waals surface area contributed by atoms with Crippen LogP contribution in [0.5, 0.6) is 0 Å². The van der Waals surface area contributed by atoms with E-state index in [-0.39, 0.29) is 0 Å². The summed E-state index contributed by atoms with van der Waals surface area (Å²) >= 11 is 0. The number of furan rings is 1. The molecule has 1 saturated carbocycles. The van der Waals surface area contributed by atoms with Crippen molar-refractivity contribution in [2.75, 3.05) is 0 Å². The van der Waals surface area contributed by atoms with Crippen LogP contribution in [0.4, 0.5) is 0 Å². The first kappa shape index (κ1) is 9.74. The molecule has 2 rings (SSSR count). The molecule has 78 valence electrons. The Morgan fingerprint density at radius 2 is 2.29 bits per heavy atom. The normalized spacial score (nSPS) is 27.8. The van der Waals surface area contributed by atoms with Gasteiger partial charge in [0.25, 0.3) is 0 Å². The first-order chi connectivity index (χ1) is 6.86. The summed E-state index contributed by atoms with van der Waals surface area (Å²) in [5.74, 6) is 0.989. The second-order valence-electron chi connectivity index (χ2n) is 4.02. The van der Waals surface area contributed by atoms with Gasteiger partial charge in [0.2, 0.25) is 0 Å². The minimum atomic E-state index is 0.318. The van der Waals surface area contributed by atoms with Crippen LogP contribution in [0.15, 0.2) is 22.8 Å². The van der Waals surface area contributed by atoms with Crippen molar-refractivity contribution in [2.45, 2.75) is 44.3 Å². The van der Waals surface area contributed by atoms with Gasteiger partial charge in [-0.25, -0.2) is 0 Å². The van der Waals surface area contributed by atoms with Crippen LogP contribution in [0, 0.1) is 0 Å². The van der Waals surface area contributed by atoms with Gasteiger partial charge in [0.05, 0.1) is 12.8 Å². The maximum absolute atomic E-state index is 6.03. The van der Waals surface area contributed by atoms with E-state index in [4.69, 9.17) is 10.2 Å². The SMILES string of the molecule is N[C@H]1CCCC[C@H]1NCc1ccco1. The molecule has 1 aromatic heterocycles. The Morgan fingerprint density at radius 3 is 3.00 bits per heavy atom. The van der Waals surface area contributed by atoms with E-state index in [0.29, 0.717) is 12.1 Å². The van der Waals surface area contributed by atoms with Gasteiger partial charge < -0.3 is 15.5 Å². The monoisotopic (exact) mass is 194 g/mol. The number of rotatable bonds is 3. The van der Waals surface area contributed by atoms with Gasteiger partial charge in [-0.2, -0.15) is 0 Å². The maximum atomic E-state index is 6.03. The number of hydrogen-bond donors (Lipinski definition) is 2. The lowest BCUT2D eigenvalue weighted by Crippen LogP contribution is -2.46. The van der Waals surface area contributed by atoms with Crippen LogP contribution in [-0.4, -0.2) is 12.1 Å². The average molecular weight is 194 g/mol. The minimum Gasteiger partial charge on any atom is -0.468 e.